The lowest BCUT2D eigenvalue weighted by atomic mass is 10.0. The Morgan fingerprint density at radius 1 is 1.21 bits per heavy atom. The van der Waals surface area contributed by atoms with Crippen LogP contribution in [0.2, 0.25) is 0 Å². The van der Waals surface area contributed by atoms with E-state index < -0.39 is 21.9 Å². The maximum atomic E-state index is 13.0. The van der Waals surface area contributed by atoms with Crippen molar-refractivity contribution in [3.63, 3.8) is 0 Å². The molecule has 2 aromatic rings. The van der Waals surface area contributed by atoms with E-state index in [0.29, 0.717) is 10.6 Å². The van der Waals surface area contributed by atoms with Gasteiger partial charge in [0.15, 0.2) is 0 Å². The average Bonchev–Trinajstić information content (AvgIpc) is 3.20. The smallest absolute Gasteiger partial charge is 0.341 e. The van der Waals surface area contributed by atoms with Crippen LogP contribution in [0.25, 0.3) is 0 Å². The molecule has 1 aromatic heterocycles. The number of quaternary nitrogens is 1. The van der Waals surface area contributed by atoms with Crippen molar-refractivity contribution in [3.8, 4) is 0 Å². The second kappa shape index (κ2) is 11.1. The predicted octanol–water partition coefficient (Wildman–Crippen LogP) is 2.11. The highest BCUT2D eigenvalue weighted by Gasteiger charge is 2.31. The molecule has 2 heterocycles. The van der Waals surface area contributed by atoms with Gasteiger partial charge in [-0.15, -0.1) is 24.5 Å². The summed E-state index contributed by atoms with van der Waals surface area (Å²) < 4.78 is 32.0. The Morgan fingerprint density at radius 3 is 2.41 bits per heavy atom. The van der Waals surface area contributed by atoms with Crippen LogP contribution in [0.1, 0.15) is 38.1 Å². The molecular weight excluding hydrogens is 474 g/mol. The molecule has 0 saturated heterocycles. The fraction of sp³-hybridized carbons (Fsp3) is 0.333. The molecular formula is C24H30N3O5S2+. The molecule has 0 radical (unpaired) electrons. The van der Waals surface area contributed by atoms with E-state index in [0.717, 1.165) is 36.5 Å². The first-order valence-corrected chi connectivity index (χ1v) is 13.2. The van der Waals surface area contributed by atoms with Crippen LogP contribution in [0.5, 0.6) is 0 Å². The van der Waals surface area contributed by atoms with Gasteiger partial charge in [0.25, 0.3) is 5.91 Å². The van der Waals surface area contributed by atoms with Gasteiger partial charge in [-0.1, -0.05) is 12.2 Å². The second-order valence-corrected chi connectivity index (χ2v) is 10.9. The fourth-order valence-electron chi connectivity index (χ4n) is 3.91. The zero-order valence-corrected chi connectivity index (χ0v) is 21.1. The number of hydrogen-bond acceptors (Lipinski definition) is 6. The van der Waals surface area contributed by atoms with E-state index in [1.165, 1.54) is 64.1 Å². The Morgan fingerprint density at radius 2 is 1.85 bits per heavy atom. The van der Waals surface area contributed by atoms with Crippen LogP contribution in [0.4, 0.5) is 5.00 Å². The number of amides is 1. The number of nitrogens with one attached hydrogen (secondary N) is 2. The van der Waals surface area contributed by atoms with Gasteiger partial charge < -0.3 is 15.0 Å². The molecule has 1 aliphatic heterocycles. The summed E-state index contributed by atoms with van der Waals surface area (Å²) in [5.41, 5.74) is 1.63. The summed E-state index contributed by atoms with van der Waals surface area (Å²) in [5, 5.41) is 3.29. The molecule has 8 nitrogen and oxygen atoms in total. The lowest BCUT2D eigenvalue weighted by molar-refractivity contribution is -0.913. The Hall–Kier alpha value is -2.79. The molecule has 182 valence electrons. The van der Waals surface area contributed by atoms with Crippen molar-refractivity contribution in [2.45, 2.75) is 24.8 Å². The second-order valence-electron chi connectivity index (χ2n) is 7.86. The van der Waals surface area contributed by atoms with E-state index in [2.05, 4.69) is 25.4 Å². The number of esters is 1. The third-order valence-electron chi connectivity index (χ3n) is 5.77. The van der Waals surface area contributed by atoms with Gasteiger partial charge in [-0.05, 0) is 36.8 Å². The third kappa shape index (κ3) is 5.30. The van der Waals surface area contributed by atoms with Crippen molar-refractivity contribution in [1.82, 2.24) is 4.31 Å². The van der Waals surface area contributed by atoms with E-state index in [9.17, 15) is 18.0 Å². The monoisotopic (exact) mass is 504 g/mol. The molecule has 3 rings (SSSR count). The van der Waals surface area contributed by atoms with Crippen molar-refractivity contribution in [3.05, 3.63) is 71.1 Å². The summed E-state index contributed by atoms with van der Waals surface area (Å²) >= 11 is 1.40. The zero-order valence-electron chi connectivity index (χ0n) is 19.4. The number of benzene rings is 1. The van der Waals surface area contributed by atoms with Gasteiger partial charge in [0.1, 0.15) is 11.5 Å². The number of methoxy groups -OCH3 is 1. The number of anilines is 1. The molecule has 10 heteroatoms. The Bertz CT molecular complexity index is 1180. The van der Waals surface area contributed by atoms with E-state index >= 15 is 0 Å². The summed E-state index contributed by atoms with van der Waals surface area (Å²) in [6.45, 7) is 12.3. The van der Waals surface area contributed by atoms with Crippen LogP contribution in [0.3, 0.4) is 0 Å². The number of likely N-dealkylation sites (N-methyl/N-ethyl adjacent to an activating group) is 1. The minimum Gasteiger partial charge on any atom is -0.465 e. The fourth-order valence-corrected chi connectivity index (χ4v) is 6.59. The summed E-state index contributed by atoms with van der Waals surface area (Å²) in [7, 11) is -2.44. The summed E-state index contributed by atoms with van der Waals surface area (Å²) in [5.74, 6) is -0.903. The van der Waals surface area contributed by atoms with Crippen LogP contribution in [0.15, 0.2) is 54.5 Å². The topological polar surface area (TPSA) is 97.2 Å². The molecule has 1 aromatic carbocycles. The maximum absolute atomic E-state index is 13.0. The molecule has 0 aliphatic carbocycles. The summed E-state index contributed by atoms with van der Waals surface area (Å²) in [6.07, 6.45) is 3.75. The highest BCUT2D eigenvalue weighted by molar-refractivity contribution is 7.89. The quantitative estimate of drug-likeness (QED) is 0.382. The molecule has 0 spiro atoms. The Kier molecular flexibility index (Phi) is 8.42. The SMILES string of the molecule is C=CCN(CC=C)S(=O)(=O)c1ccc(C(=O)Nc2sc3c(c2C(=O)OC)CC[NH+](CC)C3)cc1. The lowest BCUT2D eigenvalue weighted by Crippen LogP contribution is -3.11. The number of thiophene rings is 1. The minimum absolute atomic E-state index is 0.0669. The minimum atomic E-state index is -3.76. The Balaban J connectivity index is 1.85. The number of carbonyl (C=O) groups is 2. The largest absolute Gasteiger partial charge is 0.465 e. The van der Waals surface area contributed by atoms with Gasteiger partial charge in [-0.25, -0.2) is 13.2 Å². The van der Waals surface area contributed by atoms with Gasteiger partial charge in [0, 0.05) is 25.1 Å². The highest BCUT2D eigenvalue weighted by Crippen LogP contribution is 2.35. The zero-order chi connectivity index (χ0) is 24.9. The molecule has 1 amide bonds. The molecule has 1 aliphatic rings. The van der Waals surface area contributed by atoms with Crippen LogP contribution in [-0.2, 0) is 27.7 Å². The summed E-state index contributed by atoms with van der Waals surface area (Å²) in [6, 6.07) is 5.70. The van der Waals surface area contributed by atoms with Crippen molar-refractivity contribution < 1.29 is 27.6 Å². The van der Waals surface area contributed by atoms with E-state index in [1.54, 1.807) is 0 Å². The van der Waals surface area contributed by atoms with E-state index in [4.69, 9.17) is 4.74 Å². The van der Waals surface area contributed by atoms with E-state index in [1.807, 2.05) is 0 Å². The highest BCUT2D eigenvalue weighted by atomic mass is 32.2. The number of fused-ring (bicyclic) bond motifs is 1. The number of sulfonamides is 1. The molecule has 1 unspecified atom stereocenters. The van der Waals surface area contributed by atoms with Crippen molar-refractivity contribution in [2.24, 2.45) is 0 Å². The average molecular weight is 505 g/mol. The lowest BCUT2D eigenvalue weighted by Gasteiger charge is -2.22. The van der Waals surface area contributed by atoms with Crippen molar-refractivity contribution in [2.75, 3.05) is 38.6 Å². The number of rotatable bonds is 10. The standard InChI is InChI=1S/C24H29N3O5S2/c1-5-13-27(14-6-2)34(30,31)18-10-8-17(9-11-18)22(28)25-23-21(24(29)32-4)19-12-15-26(7-3)16-20(19)33-23/h5-6,8-11H,1-2,7,12-16H2,3-4H3,(H,25,28)/p+1. The van der Waals surface area contributed by atoms with Crippen LogP contribution in [0, 0.1) is 0 Å². The van der Waals surface area contributed by atoms with Crippen molar-refractivity contribution >= 4 is 38.2 Å². The molecule has 2 N–H and O–H groups in total. The molecule has 0 fully saturated rings. The summed E-state index contributed by atoms with van der Waals surface area (Å²) in [4.78, 5) is 28.0. The van der Waals surface area contributed by atoms with Gasteiger partial charge in [-0.2, -0.15) is 4.31 Å². The normalized spacial score (nSPS) is 15.4. The number of nitrogens with zero attached hydrogens (tertiary/aromatic N) is 1. The first-order valence-electron chi connectivity index (χ1n) is 11.0. The van der Waals surface area contributed by atoms with Gasteiger partial charge in [0.05, 0.1) is 35.5 Å². The van der Waals surface area contributed by atoms with Crippen LogP contribution >= 0.6 is 11.3 Å². The van der Waals surface area contributed by atoms with E-state index in [-0.39, 0.29) is 23.5 Å². The Labute approximate surface area is 204 Å². The first kappa shape index (κ1) is 25.8. The number of carbonyl (C=O) groups excluding carboxylic acids is 2. The van der Waals surface area contributed by atoms with Crippen molar-refractivity contribution in [1.29, 1.82) is 0 Å². The molecule has 0 bridgehead atoms. The van der Waals surface area contributed by atoms with Gasteiger partial charge in [-0.3, -0.25) is 4.79 Å². The molecule has 1 atom stereocenters. The van der Waals surface area contributed by atoms with Gasteiger partial charge >= 0.3 is 5.97 Å². The first-order chi connectivity index (χ1) is 16.3. The maximum Gasteiger partial charge on any atom is 0.341 e. The molecule has 34 heavy (non-hydrogen) atoms. The molecule has 0 saturated carbocycles. The third-order valence-corrected chi connectivity index (χ3v) is 8.76. The van der Waals surface area contributed by atoms with Crippen LogP contribution in [-0.4, -0.2) is 57.9 Å². The number of hydrogen-bond donors (Lipinski definition) is 2. The predicted molar refractivity (Wildman–Crippen MR) is 133 cm³/mol. The van der Waals surface area contributed by atoms with Gasteiger partial charge in [0.2, 0.25) is 10.0 Å². The number of ether oxygens (including phenoxy) is 1. The van der Waals surface area contributed by atoms with Crippen LogP contribution < -0.4 is 10.2 Å².